The summed E-state index contributed by atoms with van der Waals surface area (Å²) in [5, 5.41) is 6.29. The van der Waals surface area contributed by atoms with Gasteiger partial charge in [0.25, 0.3) is 5.91 Å². The van der Waals surface area contributed by atoms with E-state index in [0.717, 1.165) is 12.8 Å². The molecule has 1 saturated heterocycles. The Kier molecular flexibility index (Phi) is 2.47. The van der Waals surface area contributed by atoms with Gasteiger partial charge in [-0.2, -0.15) is 5.10 Å². The molecule has 1 amide bonds. The van der Waals surface area contributed by atoms with Crippen molar-refractivity contribution < 1.29 is 9.18 Å². The molecule has 1 unspecified atom stereocenters. The Hall–Kier alpha value is -1.39. The number of halogens is 1. The largest absolute Gasteiger partial charge is 0.332 e. The molecule has 76 valence electrons. The molecule has 0 bridgehead atoms. The quantitative estimate of drug-likeness (QED) is 0.768. The molecule has 1 aromatic rings. The first-order valence-electron chi connectivity index (χ1n) is 4.69. The van der Waals surface area contributed by atoms with Crippen molar-refractivity contribution in [3.63, 3.8) is 0 Å². The van der Waals surface area contributed by atoms with Crippen molar-refractivity contribution in [1.29, 1.82) is 0 Å². The Morgan fingerprint density at radius 1 is 1.79 bits per heavy atom. The predicted molar refractivity (Wildman–Crippen MR) is 48.6 cm³/mol. The number of hydrogen-bond acceptors (Lipinski definition) is 2. The van der Waals surface area contributed by atoms with Crippen LogP contribution in [0.4, 0.5) is 4.39 Å². The van der Waals surface area contributed by atoms with Crippen LogP contribution in [0.1, 0.15) is 23.3 Å². The number of amides is 1. The zero-order chi connectivity index (χ0) is 9.97. The van der Waals surface area contributed by atoms with Crippen molar-refractivity contribution in [1.82, 2.24) is 15.1 Å². The molecular formula is C9H12FN3O. The lowest BCUT2D eigenvalue weighted by atomic mass is 10.2. The van der Waals surface area contributed by atoms with Crippen LogP contribution in [0.2, 0.25) is 0 Å². The summed E-state index contributed by atoms with van der Waals surface area (Å²) in [5.41, 5.74) is 0.436. The van der Waals surface area contributed by atoms with E-state index < -0.39 is 6.67 Å². The van der Waals surface area contributed by atoms with Crippen molar-refractivity contribution in [3.8, 4) is 0 Å². The van der Waals surface area contributed by atoms with Crippen LogP contribution in [-0.4, -0.2) is 40.3 Å². The lowest BCUT2D eigenvalue weighted by Crippen LogP contribution is -2.36. The average Bonchev–Trinajstić information content (AvgIpc) is 2.87. The number of nitrogens with one attached hydrogen (secondary N) is 1. The van der Waals surface area contributed by atoms with Crippen LogP contribution >= 0.6 is 0 Å². The van der Waals surface area contributed by atoms with Crippen LogP contribution in [0.15, 0.2) is 12.3 Å². The van der Waals surface area contributed by atoms with Crippen molar-refractivity contribution in [3.05, 3.63) is 18.0 Å². The molecule has 0 saturated carbocycles. The summed E-state index contributed by atoms with van der Waals surface area (Å²) in [4.78, 5) is 13.3. The molecule has 5 heteroatoms. The Morgan fingerprint density at radius 2 is 2.64 bits per heavy atom. The zero-order valence-electron chi connectivity index (χ0n) is 7.74. The van der Waals surface area contributed by atoms with Crippen LogP contribution in [0.25, 0.3) is 0 Å². The molecule has 0 spiro atoms. The van der Waals surface area contributed by atoms with E-state index in [2.05, 4.69) is 10.2 Å². The molecule has 0 radical (unpaired) electrons. The van der Waals surface area contributed by atoms with Gasteiger partial charge in [0.1, 0.15) is 12.4 Å². The SMILES string of the molecule is O=C(c1ccn[nH]1)N1CCCC1CF. The van der Waals surface area contributed by atoms with E-state index in [1.165, 1.54) is 6.20 Å². The van der Waals surface area contributed by atoms with E-state index in [-0.39, 0.29) is 11.9 Å². The highest BCUT2D eigenvalue weighted by atomic mass is 19.1. The van der Waals surface area contributed by atoms with Crippen molar-refractivity contribution in [2.45, 2.75) is 18.9 Å². The second-order valence-electron chi connectivity index (χ2n) is 3.42. The standard InChI is InChI=1S/C9H12FN3O/c10-6-7-2-1-5-13(7)9(14)8-3-4-11-12-8/h3-4,7H,1-2,5-6H2,(H,11,12). The second kappa shape index (κ2) is 3.77. The Balaban J connectivity index is 2.11. The van der Waals surface area contributed by atoms with E-state index in [4.69, 9.17) is 0 Å². The molecule has 2 rings (SSSR count). The maximum atomic E-state index is 12.5. The summed E-state index contributed by atoms with van der Waals surface area (Å²) in [6.45, 7) is 0.187. The van der Waals surface area contributed by atoms with E-state index in [9.17, 15) is 9.18 Å². The number of aromatic nitrogens is 2. The first-order valence-corrected chi connectivity index (χ1v) is 4.69. The van der Waals surface area contributed by atoms with E-state index in [1.807, 2.05) is 0 Å². The van der Waals surface area contributed by atoms with Crippen molar-refractivity contribution in [2.75, 3.05) is 13.2 Å². The fourth-order valence-electron chi connectivity index (χ4n) is 1.79. The molecule has 4 nitrogen and oxygen atoms in total. The van der Waals surface area contributed by atoms with Crippen molar-refractivity contribution in [2.24, 2.45) is 0 Å². The molecule has 0 aliphatic carbocycles. The predicted octanol–water partition coefficient (Wildman–Crippen LogP) is 0.984. The number of carbonyl (C=O) groups is 1. The highest BCUT2D eigenvalue weighted by Crippen LogP contribution is 2.19. The lowest BCUT2D eigenvalue weighted by molar-refractivity contribution is 0.0710. The van der Waals surface area contributed by atoms with Gasteiger partial charge >= 0.3 is 0 Å². The summed E-state index contributed by atoms with van der Waals surface area (Å²) >= 11 is 0. The molecule has 1 N–H and O–H groups in total. The first-order chi connectivity index (χ1) is 6.83. The number of H-pyrrole nitrogens is 1. The lowest BCUT2D eigenvalue weighted by Gasteiger charge is -2.21. The first kappa shape index (κ1) is 9.18. The van der Waals surface area contributed by atoms with Gasteiger partial charge in [0.05, 0.1) is 6.04 Å². The highest BCUT2D eigenvalue weighted by Gasteiger charge is 2.29. The van der Waals surface area contributed by atoms with Crippen molar-refractivity contribution >= 4 is 5.91 Å². The minimum absolute atomic E-state index is 0.150. The van der Waals surface area contributed by atoms with Crippen LogP contribution in [0.3, 0.4) is 0 Å². The Labute approximate surface area is 81.1 Å². The van der Waals surface area contributed by atoms with E-state index >= 15 is 0 Å². The maximum Gasteiger partial charge on any atom is 0.272 e. The van der Waals surface area contributed by atoms with Gasteiger partial charge < -0.3 is 4.90 Å². The summed E-state index contributed by atoms with van der Waals surface area (Å²) in [6.07, 6.45) is 3.17. The Morgan fingerprint density at radius 3 is 3.29 bits per heavy atom. The van der Waals surface area contributed by atoms with E-state index in [1.54, 1.807) is 11.0 Å². The summed E-state index contributed by atoms with van der Waals surface area (Å²) in [7, 11) is 0. The molecule has 1 atom stereocenters. The highest BCUT2D eigenvalue weighted by molar-refractivity contribution is 5.92. The number of aromatic amines is 1. The zero-order valence-corrected chi connectivity index (χ0v) is 7.74. The molecule has 1 aliphatic rings. The number of alkyl halides is 1. The number of hydrogen-bond donors (Lipinski definition) is 1. The number of nitrogens with zero attached hydrogens (tertiary/aromatic N) is 2. The molecule has 1 fully saturated rings. The third kappa shape index (κ3) is 1.49. The topological polar surface area (TPSA) is 49.0 Å². The van der Waals surface area contributed by atoms with Gasteiger partial charge in [-0.05, 0) is 18.9 Å². The van der Waals surface area contributed by atoms with E-state index in [0.29, 0.717) is 12.2 Å². The summed E-state index contributed by atoms with van der Waals surface area (Å²) in [5.74, 6) is -0.150. The third-order valence-corrected chi connectivity index (χ3v) is 2.55. The second-order valence-corrected chi connectivity index (χ2v) is 3.42. The minimum atomic E-state index is -0.458. The third-order valence-electron chi connectivity index (χ3n) is 2.55. The van der Waals surface area contributed by atoms with Gasteiger partial charge in [-0.1, -0.05) is 0 Å². The van der Waals surface area contributed by atoms with Gasteiger partial charge in [0.2, 0.25) is 0 Å². The Bertz CT molecular complexity index is 312. The van der Waals surface area contributed by atoms with Gasteiger partial charge in [-0.3, -0.25) is 9.89 Å². The molecule has 2 heterocycles. The molecule has 1 aromatic heterocycles. The monoisotopic (exact) mass is 197 g/mol. The number of rotatable bonds is 2. The summed E-state index contributed by atoms with van der Waals surface area (Å²) in [6, 6.07) is 1.36. The molecule has 14 heavy (non-hydrogen) atoms. The average molecular weight is 197 g/mol. The summed E-state index contributed by atoms with van der Waals surface area (Å²) < 4.78 is 12.5. The number of likely N-dealkylation sites (tertiary alicyclic amines) is 1. The fraction of sp³-hybridized carbons (Fsp3) is 0.556. The van der Waals surface area contributed by atoms with Gasteiger partial charge in [0, 0.05) is 12.7 Å². The van der Waals surface area contributed by atoms with Crippen LogP contribution in [-0.2, 0) is 0 Å². The van der Waals surface area contributed by atoms with Crippen LogP contribution < -0.4 is 0 Å². The molecule has 0 aromatic carbocycles. The number of carbonyl (C=O) groups excluding carboxylic acids is 1. The van der Waals surface area contributed by atoms with Gasteiger partial charge in [0.15, 0.2) is 0 Å². The smallest absolute Gasteiger partial charge is 0.272 e. The maximum absolute atomic E-state index is 12.5. The van der Waals surface area contributed by atoms with Gasteiger partial charge in [-0.25, -0.2) is 4.39 Å². The van der Waals surface area contributed by atoms with Crippen LogP contribution in [0.5, 0.6) is 0 Å². The normalized spacial score (nSPS) is 21.5. The minimum Gasteiger partial charge on any atom is -0.332 e. The van der Waals surface area contributed by atoms with Crippen LogP contribution in [0, 0.1) is 0 Å². The van der Waals surface area contributed by atoms with Gasteiger partial charge in [-0.15, -0.1) is 0 Å². The fourth-order valence-corrected chi connectivity index (χ4v) is 1.79. The molecule has 1 aliphatic heterocycles. The molecular weight excluding hydrogens is 185 g/mol.